The topological polar surface area (TPSA) is 12.0 Å². The van der Waals surface area contributed by atoms with Gasteiger partial charge in [0.25, 0.3) is 0 Å². The summed E-state index contributed by atoms with van der Waals surface area (Å²) in [6.45, 7) is 5.12. The van der Waals surface area contributed by atoms with Gasteiger partial charge < -0.3 is 5.32 Å². The zero-order chi connectivity index (χ0) is 11.3. The van der Waals surface area contributed by atoms with Crippen LogP contribution in [0.3, 0.4) is 0 Å². The molecule has 0 spiro atoms. The number of hydrogen-bond donors (Lipinski definition) is 1. The van der Waals surface area contributed by atoms with Crippen molar-refractivity contribution < 1.29 is 4.39 Å². The van der Waals surface area contributed by atoms with Crippen LogP contribution in [-0.4, -0.2) is 6.04 Å². The zero-order valence-corrected chi connectivity index (χ0v) is 10.8. The molecule has 1 aromatic carbocycles. The van der Waals surface area contributed by atoms with E-state index >= 15 is 0 Å². The Labute approximate surface area is 99.2 Å². The van der Waals surface area contributed by atoms with Crippen molar-refractivity contribution in [3.05, 3.63) is 34.1 Å². The van der Waals surface area contributed by atoms with Gasteiger partial charge in [-0.1, -0.05) is 35.8 Å². The van der Waals surface area contributed by atoms with Crippen LogP contribution in [0.25, 0.3) is 0 Å². The summed E-state index contributed by atoms with van der Waals surface area (Å²) in [5.74, 6) is -0.201. The van der Waals surface area contributed by atoms with Crippen LogP contribution in [0.1, 0.15) is 32.3 Å². The molecule has 0 unspecified atom stereocenters. The van der Waals surface area contributed by atoms with Crippen LogP contribution in [-0.2, 0) is 6.54 Å². The first-order valence-corrected chi connectivity index (χ1v) is 6.14. The third-order valence-electron chi connectivity index (χ3n) is 2.58. The van der Waals surface area contributed by atoms with Crippen molar-refractivity contribution in [3.8, 4) is 0 Å². The highest BCUT2D eigenvalue weighted by Crippen LogP contribution is 2.18. The average molecular weight is 274 g/mol. The highest BCUT2D eigenvalue weighted by atomic mass is 79.9. The van der Waals surface area contributed by atoms with Gasteiger partial charge in [0.1, 0.15) is 5.82 Å². The number of nitrogens with one attached hydrogen (secondary N) is 1. The fourth-order valence-electron chi connectivity index (χ4n) is 1.50. The monoisotopic (exact) mass is 273 g/mol. The SMILES string of the molecule is CCC(CC)NCc1ccc(F)cc1Br. The van der Waals surface area contributed by atoms with Gasteiger partial charge in [-0.05, 0) is 30.5 Å². The van der Waals surface area contributed by atoms with Crippen molar-refractivity contribution in [2.45, 2.75) is 39.3 Å². The molecule has 15 heavy (non-hydrogen) atoms. The lowest BCUT2D eigenvalue weighted by Gasteiger charge is -2.15. The highest BCUT2D eigenvalue weighted by molar-refractivity contribution is 9.10. The van der Waals surface area contributed by atoms with Crippen molar-refractivity contribution in [2.75, 3.05) is 0 Å². The van der Waals surface area contributed by atoms with Crippen LogP contribution in [0.5, 0.6) is 0 Å². The summed E-state index contributed by atoms with van der Waals surface area (Å²) in [7, 11) is 0. The Hall–Kier alpha value is -0.410. The van der Waals surface area contributed by atoms with Crippen LogP contribution in [0.15, 0.2) is 22.7 Å². The van der Waals surface area contributed by atoms with Crippen molar-refractivity contribution in [1.82, 2.24) is 5.32 Å². The minimum absolute atomic E-state index is 0.201. The Morgan fingerprint density at radius 1 is 1.33 bits per heavy atom. The van der Waals surface area contributed by atoms with E-state index in [1.165, 1.54) is 12.1 Å². The van der Waals surface area contributed by atoms with Crippen molar-refractivity contribution in [1.29, 1.82) is 0 Å². The number of hydrogen-bond acceptors (Lipinski definition) is 1. The number of halogens is 2. The smallest absolute Gasteiger partial charge is 0.124 e. The number of rotatable bonds is 5. The van der Waals surface area contributed by atoms with Crippen LogP contribution in [0.2, 0.25) is 0 Å². The molecule has 3 heteroatoms. The summed E-state index contributed by atoms with van der Waals surface area (Å²) in [5.41, 5.74) is 1.10. The van der Waals surface area contributed by atoms with E-state index in [-0.39, 0.29) is 5.82 Å². The van der Waals surface area contributed by atoms with Crippen LogP contribution in [0, 0.1) is 5.82 Å². The maximum absolute atomic E-state index is 12.8. The number of benzene rings is 1. The van der Waals surface area contributed by atoms with E-state index in [1.807, 2.05) is 6.07 Å². The Bertz CT molecular complexity index is 310. The van der Waals surface area contributed by atoms with Gasteiger partial charge in [-0.15, -0.1) is 0 Å². The molecule has 0 radical (unpaired) electrons. The predicted octanol–water partition coefficient (Wildman–Crippen LogP) is 3.87. The Morgan fingerprint density at radius 2 is 2.00 bits per heavy atom. The normalized spacial score (nSPS) is 11.0. The summed E-state index contributed by atoms with van der Waals surface area (Å²) in [6.07, 6.45) is 2.24. The van der Waals surface area contributed by atoms with Crippen LogP contribution < -0.4 is 5.32 Å². The van der Waals surface area contributed by atoms with Gasteiger partial charge in [0.15, 0.2) is 0 Å². The lowest BCUT2D eigenvalue weighted by Crippen LogP contribution is -2.27. The molecule has 1 nitrogen and oxygen atoms in total. The first-order valence-electron chi connectivity index (χ1n) is 5.34. The fraction of sp³-hybridized carbons (Fsp3) is 0.500. The summed E-state index contributed by atoms with van der Waals surface area (Å²) in [5, 5.41) is 3.44. The van der Waals surface area contributed by atoms with E-state index in [4.69, 9.17) is 0 Å². The summed E-state index contributed by atoms with van der Waals surface area (Å²) in [4.78, 5) is 0. The van der Waals surface area contributed by atoms with E-state index in [0.717, 1.165) is 29.4 Å². The van der Waals surface area contributed by atoms with E-state index in [2.05, 4.69) is 35.1 Å². The van der Waals surface area contributed by atoms with Crippen LogP contribution >= 0.6 is 15.9 Å². The standard InChI is InChI=1S/C12H17BrFN/c1-3-11(4-2)15-8-9-5-6-10(14)7-12(9)13/h5-7,11,15H,3-4,8H2,1-2H3. The molecule has 0 heterocycles. The summed E-state index contributed by atoms with van der Waals surface area (Å²) >= 11 is 3.36. The van der Waals surface area contributed by atoms with E-state index in [0.29, 0.717) is 6.04 Å². The molecule has 0 aliphatic heterocycles. The van der Waals surface area contributed by atoms with Crippen molar-refractivity contribution in [3.63, 3.8) is 0 Å². The quantitative estimate of drug-likeness (QED) is 0.859. The van der Waals surface area contributed by atoms with Gasteiger partial charge >= 0.3 is 0 Å². The van der Waals surface area contributed by atoms with E-state index in [9.17, 15) is 4.39 Å². The van der Waals surface area contributed by atoms with Crippen LogP contribution in [0.4, 0.5) is 4.39 Å². The molecule has 84 valence electrons. The maximum atomic E-state index is 12.8. The molecule has 1 rings (SSSR count). The summed E-state index contributed by atoms with van der Waals surface area (Å²) in [6, 6.07) is 5.36. The van der Waals surface area contributed by atoms with Gasteiger partial charge in [-0.25, -0.2) is 4.39 Å². The third kappa shape index (κ3) is 3.92. The molecule has 0 aliphatic carbocycles. The second-order valence-electron chi connectivity index (χ2n) is 3.63. The zero-order valence-electron chi connectivity index (χ0n) is 9.19. The molecule has 1 aromatic rings. The molecule has 0 aromatic heterocycles. The minimum atomic E-state index is -0.201. The molecule has 0 saturated carbocycles. The van der Waals surface area contributed by atoms with Gasteiger partial charge in [0.05, 0.1) is 0 Å². The largest absolute Gasteiger partial charge is 0.310 e. The summed E-state index contributed by atoms with van der Waals surface area (Å²) < 4.78 is 13.7. The van der Waals surface area contributed by atoms with Crippen molar-refractivity contribution in [2.24, 2.45) is 0 Å². The maximum Gasteiger partial charge on any atom is 0.124 e. The van der Waals surface area contributed by atoms with Gasteiger partial charge in [0.2, 0.25) is 0 Å². The van der Waals surface area contributed by atoms with Gasteiger partial charge in [0, 0.05) is 17.1 Å². The lowest BCUT2D eigenvalue weighted by molar-refractivity contribution is 0.483. The molecular weight excluding hydrogens is 257 g/mol. The molecule has 0 atom stereocenters. The lowest BCUT2D eigenvalue weighted by atomic mass is 10.1. The molecule has 0 bridgehead atoms. The predicted molar refractivity (Wildman–Crippen MR) is 65.3 cm³/mol. The molecule has 1 N–H and O–H groups in total. The van der Waals surface area contributed by atoms with E-state index < -0.39 is 0 Å². The third-order valence-corrected chi connectivity index (χ3v) is 3.32. The van der Waals surface area contributed by atoms with Crippen molar-refractivity contribution >= 4 is 15.9 Å². The molecular formula is C12H17BrFN. The first-order chi connectivity index (χ1) is 7.17. The second-order valence-corrected chi connectivity index (χ2v) is 4.48. The first kappa shape index (κ1) is 12.7. The molecule has 0 aliphatic rings. The van der Waals surface area contributed by atoms with Gasteiger partial charge in [-0.3, -0.25) is 0 Å². The Morgan fingerprint density at radius 3 is 2.53 bits per heavy atom. The Balaban J connectivity index is 2.57. The highest BCUT2D eigenvalue weighted by Gasteiger charge is 2.05. The molecule has 0 fully saturated rings. The minimum Gasteiger partial charge on any atom is -0.310 e. The van der Waals surface area contributed by atoms with Gasteiger partial charge in [-0.2, -0.15) is 0 Å². The second kappa shape index (κ2) is 6.23. The average Bonchev–Trinajstić information content (AvgIpc) is 2.22. The fourth-order valence-corrected chi connectivity index (χ4v) is 1.99. The molecule has 0 amide bonds. The molecule has 0 saturated heterocycles. The van der Waals surface area contributed by atoms with E-state index in [1.54, 1.807) is 0 Å². The Kier molecular flexibility index (Phi) is 5.26.